The summed E-state index contributed by atoms with van der Waals surface area (Å²) in [5.74, 6) is 0. The molecule has 3 N–H and O–H groups in total. The van der Waals surface area contributed by atoms with Crippen LogP contribution in [0.15, 0.2) is 12.3 Å². The lowest BCUT2D eigenvalue weighted by atomic mass is 10.1. The lowest BCUT2D eigenvalue weighted by molar-refractivity contribution is 0.866. The number of thiocarbonyl (C=S) groups is 1. The zero-order valence-electron chi connectivity index (χ0n) is 12.0. The molecule has 2 aromatic heterocycles. The summed E-state index contributed by atoms with van der Waals surface area (Å²) in [6, 6.07) is 2.07. The molecular weight excluding hydrogens is 288 g/mol. The number of thiazole rings is 1. The number of hydrogen-bond acceptors (Lipinski definition) is 5. The zero-order valence-corrected chi connectivity index (χ0v) is 13.7. The van der Waals surface area contributed by atoms with Crippen LogP contribution in [0.25, 0.3) is 0 Å². The van der Waals surface area contributed by atoms with Gasteiger partial charge >= 0.3 is 0 Å². The monoisotopic (exact) mass is 306 g/mol. The zero-order chi connectivity index (χ0) is 14.9. The second-order valence-electron chi connectivity index (χ2n) is 4.81. The van der Waals surface area contributed by atoms with Crippen molar-refractivity contribution < 1.29 is 0 Å². The molecule has 6 heteroatoms. The van der Waals surface area contributed by atoms with Crippen LogP contribution in [0.4, 0.5) is 5.69 Å². The molecule has 4 nitrogen and oxygen atoms in total. The van der Waals surface area contributed by atoms with E-state index >= 15 is 0 Å². The van der Waals surface area contributed by atoms with E-state index in [1.807, 2.05) is 26.1 Å². The predicted molar refractivity (Wildman–Crippen MR) is 88.5 cm³/mol. The molecule has 1 unspecified atom stereocenters. The first-order chi connectivity index (χ1) is 9.38. The number of rotatable bonds is 4. The van der Waals surface area contributed by atoms with Gasteiger partial charge in [0, 0.05) is 28.1 Å². The average molecular weight is 306 g/mol. The van der Waals surface area contributed by atoms with Crippen molar-refractivity contribution in [3.8, 4) is 0 Å². The molecule has 0 aliphatic carbocycles. The van der Waals surface area contributed by atoms with E-state index < -0.39 is 0 Å². The predicted octanol–water partition coefficient (Wildman–Crippen LogP) is 3.27. The van der Waals surface area contributed by atoms with Crippen molar-refractivity contribution in [3.63, 3.8) is 0 Å². The number of nitrogens with zero attached hydrogens (tertiary/aromatic N) is 2. The molecule has 2 rings (SSSR count). The molecule has 0 saturated carbocycles. The van der Waals surface area contributed by atoms with Crippen LogP contribution in [-0.4, -0.2) is 15.0 Å². The molecule has 2 heterocycles. The molecule has 0 fully saturated rings. The minimum absolute atomic E-state index is 0.1000. The Balaban J connectivity index is 2.35. The van der Waals surface area contributed by atoms with Crippen LogP contribution in [0.1, 0.15) is 39.8 Å². The van der Waals surface area contributed by atoms with Gasteiger partial charge in [-0.2, -0.15) is 0 Å². The van der Waals surface area contributed by atoms with E-state index in [-0.39, 0.29) is 6.04 Å². The molecule has 0 aromatic carbocycles. The van der Waals surface area contributed by atoms with Crippen molar-refractivity contribution in [1.29, 1.82) is 0 Å². The quantitative estimate of drug-likeness (QED) is 0.849. The second-order valence-corrected chi connectivity index (χ2v) is 6.52. The number of anilines is 1. The van der Waals surface area contributed by atoms with Crippen molar-refractivity contribution in [3.05, 3.63) is 39.1 Å². The van der Waals surface area contributed by atoms with Crippen LogP contribution in [0, 0.1) is 20.8 Å². The summed E-state index contributed by atoms with van der Waals surface area (Å²) in [6.45, 7) is 8.01. The fourth-order valence-corrected chi connectivity index (χ4v) is 3.15. The lowest BCUT2D eigenvalue weighted by Gasteiger charge is -2.18. The Bertz CT molecular complexity index is 649. The highest BCUT2D eigenvalue weighted by Gasteiger charge is 2.15. The molecule has 2 aromatic rings. The normalized spacial score (nSPS) is 12.2. The number of aromatic nitrogens is 2. The molecule has 0 aliphatic heterocycles. The third-order valence-electron chi connectivity index (χ3n) is 2.96. The fourth-order valence-electron chi connectivity index (χ4n) is 2.12. The van der Waals surface area contributed by atoms with Crippen LogP contribution in [-0.2, 0) is 0 Å². The summed E-state index contributed by atoms with van der Waals surface area (Å²) in [4.78, 5) is 10.4. The highest BCUT2D eigenvalue weighted by molar-refractivity contribution is 7.80. The van der Waals surface area contributed by atoms with Gasteiger partial charge in [-0.25, -0.2) is 4.98 Å². The topological polar surface area (TPSA) is 63.8 Å². The third kappa shape index (κ3) is 3.13. The summed E-state index contributed by atoms with van der Waals surface area (Å²) in [6.07, 6.45) is 1.88. The van der Waals surface area contributed by atoms with Gasteiger partial charge in [-0.1, -0.05) is 12.2 Å². The highest BCUT2D eigenvalue weighted by atomic mass is 32.1. The van der Waals surface area contributed by atoms with Gasteiger partial charge in [0.2, 0.25) is 0 Å². The number of aryl methyl sites for hydroxylation is 3. The Morgan fingerprint density at radius 3 is 2.65 bits per heavy atom. The maximum absolute atomic E-state index is 5.82. The molecule has 106 valence electrons. The molecule has 0 spiro atoms. The molecule has 0 aliphatic rings. The third-order valence-corrected chi connectivity index (χ3v) is 4.26. The van der Waals surface area contributed by atoms with Crippen LogP contribution < -0.4 is 11.1 Å². The lowest BCUT2D eigenvalue weighted by Crippen LogP contribution is -2.17. The van der Waals surface area contributed by atoms with E-state index in [1.165, 1.54) is 4.88 Å². The number of pyridine rings is 1. The van der Waals surface area contributed by atoms with Gasteiger partial charge in [-0.3, -0.25) is 4.98 Å². The largest absolute Gasteiger partial charge is 0.389 e. The van der Waals surface area contributed by atoms with Crippen LogP contribution >= 0.6 is 23.6 Å². The summed E-state index contributed by atoms with van der Waals surface area (Å²) in [5.41, 5.74) is 9.34. The number of nitrogens with two attached hydrogens (primary N) is 1. The second kappa shape index (κ2) is 5.85. The maximum Gasteiger partial charge on any atom is 0.115 e. The Hall–Kier alpha value is -1.53. The fraction of sp³-hybridized carbons (Fsp3) is 0.357. The van der Waals surface area contributed by atoms with Gasteiger partial charge < -0.3 is 11.1 Å². The van der Waals surface area contributed by atoms with E-state index in [0.717, 1.165) is 27.6 Å². The van der Waals surface area contributed by atoms with Gasteiger partial charge in [0.25, 0.3) is 0 Å². The molecule has 0 radical (unpaired) electrons. The SMILES string of the molecule is Cc1cc(NC(C)c2ncc(C)s2)c(C(N)=S)c(C)n1. The first-order valence-corrected chi connectivity index (χ1v) is 7.58. The van der Waals surface area contributed by atoms with Crippen LogP contribution in [0.3, 0.4) is 0 Å². The first-order valence-electron chi connectivity index (χ1n) is 6.35. The Labute approximate surface area is 128 Å². The van der Waals surface area contributed by atoms with Gasteiger partial charge in [0.05, 0.1) is 11.6 Å². The Morgan fingerprint density at radius 1 is 1.40 bits per heavy atom. The molecule has 0 saturated heterocycles. The van der Waals surface area contributed by atoms with Crippen LogP contribution in [0.5, 0.6) is 0 Å². The number of hydrogen-bond donors (Lipinski definition) is 2. The van der Waals surface area contributed by atoms with E-state index in [4.69, 9.17) is 18.0 Å². The van der Waals surface area contributed by atoms with Crippen LogP contribution in [0.2, 0.25) is 0 Å². The molecule has 20 heavy (non-hydrogen) atoms. The Kier molecular flexibility index (Phi) is 4.35. The average Bonchev–Trinajstić information content (AvgIpc) is 2.74. The van der Waals surface area contributed by atoms with E-state index in [0.29, 0.717) is 4.99 Å². The van der Waals surface area contributed by atoms with E-state index in [1.54, 1.807) is 11.3 Å². The highest BCUT2D eigenvalue weighted by Crippen LogP contribution is 2.27. The van der Waals surface area contributed by atoms with Crippen molar-refractivity contribution in [2.75, 3.05) is 5.32 Å². The summed E-state index contributed by atoms with van der Waals surface area (Å²) in [7, 11) is 0. The van der Waals surface area contributed by atoms with Crippen molar-refractivity contribution in [2.45, 2.75) is 33.7 Å². The van der Waals surface area contributed by atoms with E-state index in [9.17, 15) is 0 Å². The summed E-state index contributed by atoms with van der Waals surface area (Å²) >= 11 is 6.82. The van der Waals surface area contributed by atoms with Gasteiger partial charge in [-0.05, 0) is 33.8 Å². The molecule has 0 bridgehead atoms. The van der Waals surface area contributed by atoms with Gasteiger partial charge in [0.1, 0.15) is 10.00 Å². The van der Waals surface area contributed by atoms with Gasteiger partial charge in [-0.15, -0.1) is 11.3 Å². The molecule has 1 atom stereocenters. The van der Waals surface area contributed by atoms with Crippen molar-refractivity contribution >= 4 is 34.2 Å². The Morgan fingerprint density at radius 2 is 2.10 bits per heavy atom. The van der Waals surface area contributed by atoms with E-state index in [2.05, 4.69) is 29.1 Å². The van der Waals surface area contributed by atoms with Gasteiger partial charge in [0.15, 0.2) is 0 Å². The number of nitrogens with one attached hydrogen (secondary N) is 1. The van der Waals surface area contributed by atoms with Crippen molar-refractivity contribution in [2.24, 2.45) is 5.73 Å². The maximum atomic E-state index is 5.82. The molecular formula is C14H18N4S2. The minimum Gasteiger partial charge on any atom is -0.389 e. The van der Waals surface area contributed by atoms with Crippen molar-refractivity contribution in [1.82, 2.24) is 9.97 Å². The standard InChI is InChI=1S/C14H18N4S2/c1-7-5-11(12(13(15)19)9(3)17-7)18-10(4)14-16-6-8(2)20-14/h5-6,10H,1-4H3,(H2,15,19)(H,17,18). The summed E-state index contributed by atoms with van der Waals surface area (Å²) < 4.78 is 0. The minimum atomic E-state index is 0.1000. The molecule has 0 amide bonds. The summed E-state index contributed by atoms with van der Waals surface area (Å²) in [5, 5.41) is 4.49. The first kappa shape index (κ1) is 14.9. The smallest absolute Gasteiger partial charge is 0.115 e.